The molecule has 0 saturated heterocycles. The minimum atomic E-state index is -3.86. The Morgan fingerprint density at radius 2 is 1.60 bits per heavy atom. The van der Waals surface area contributed by atoms with E-state index in [2.05, 4.69) is 5.32 Å². The summed E-state index contributed by atoms with van der Waals surface area (Å²) in [6.45, 7) is 7.74. The Kier molecular flexibility index (Phi) is 11.4. The van der Waals surface area contributed by atoms with Gasteiger partial charge in [-0.2, -0.15) is 4.31 Å². The maximum absolute atomic E-state index is 13.5. The second-order valence-electron chi connectivity index (χ2n) is 9.35. The Labute approximate surface area is 210 Å². The second kappa shape index (κ2) is 13.7. The highest BCUT2D eigenvalue weighted by molar-refractivity contribution is 7.89. The molecule has 2 aromatic carbocycles. The molecule has 7 nitrogen and oxygen atoms in total. The number of carbonyl (C=O) groups excluding carboxylic acids is 1. The summed E-state index contributed by atoms with van der Waals surface area (Å²) in [7, 11) is -3.86. The molecular formula is C27H40N2O5S. The number of hydrogen-bond donors (Lipinski definition) is 3. The van der Waals surface area contributed by atoms with E-state index in [-0.39, 0.29) is 36.2 Å². The molecule has 194 valence electrons. The SMILES string of the molecule is CCC(C)CN(C[C@@H](O)[C@H](Cc1ccccc1)NC(=O)C[C@H](O)CC)S(=O)(=O)c1ccc(C)cc1. The van der Waals surface area contributed by atoms with Crippen molar-refractivity contribution in [2.75, 3.05) is 13.1 Å². The molecule has 0 spiro atoms. The van der Waals surface area contributed by atoms with Crippen LogP contribution < -0.4 is 5.32 Å². The molecular weight excluding hydrogens is 464 g/mol. The number of nitrogens with one attached hydrogen (secondary N) is 1. The van der Waals surface area contributed by atoms with Crippen LogP contribution in [0.1, 0.15) is 51.2 Å². The van der Waals surface area contributed by atoms with Gasteiger partial charge in [-0.3, -0.25) is 4.79 Å². The van der Waals surface area contributed by atoms with Gasteiger partial charge < -0.3 is 15.5 Å². The molecule has 0 aromatic heterocycles. The highest BCUT2D eigenvalue weighted by Crippen LogP contribution is 2.20. The molecule has 2 aromatic rings. The lowest BCUT2D eigenvalue weighted by molar-refractivity contribution is -0.124. The molecule has 35 heavy (non-hydrogen) atoms. The van der Waals surface area contributed by atoms with Crippen molar-refractivity contribution < 1.29 is 23.4 Å². The van der Waals surface area contributed by atoms with Gasteiger partial charge in [-0.15, -0.1) is 0 Å². The number of benzene rings is 2. The normalized spacial score (nSPS) is 15.4. The van der Waals surface area contributed by atoms with Crippen LogP contribution in [0, 0.1) is 12.8 Å². The van der Waals surface area contributed by atoms with Crippen molar-refractivity contribution in [1.82, 2.24) is 9.62 Å². The lowest BCUT2D eigenvalue weighted by Gasteiger charge is -2.31. The maximum Gasteiger partial charge on any atom is 0.243 e. The van der Waals surface area contributed by atoms with Crippen LogP contribution >= 0.6 is 0 Å². The molecule has 0 heterocycles. The van der Waals surface area contributed by atoms with Gasteiger partial charge in [0, 0.05) is 13.1 Å². The van der Waals surface area contributed by atoms with E-state index >= 15 is 0 Å². The molecule has 8 heteroatoms. The number of nitrogens with zero attached hydrogens (tertiary/aromatic N) is 1. The molecule has 0 saturated carbocycles. The monoisotopic (exact) mass is 504 g/mol. The molecule has 3 N–H and O–H groups in total. The molecule has 0 bridgehead atoms. The minimum absolute atomic E-state index is 0.0766. The van der Waals surface area contributed by atoms with Crippen molar-refractivity contribution in [2.45, 2.75) is 76.5 Å². The van der Waals surface area contributed by atoms with E-state index < -0.39 is 28.3 Å². The average Bonchev–Trinajstić information content (AvgIpc) is 2.83. The van der Waals surface area contributed by atoms with Crippen LogP contribution in [0.5, 0.6) is 0 Å². The van der Waals surface area contributed by atoms with Crippen LogP contribution in [0.2, 0.25) is 0 Å². The van der Waals surface area contributed by atoms with Crippen LogP contribution in [0.4, 0.5) is 0 Å². The first kappa shape index (κ1) is 29.0. The maximum atomic E-state index is 13.5. The predicted molar refractivity (Wildman–Crippen MR) is 138 cm³/mol. The minimum Gasteiger partial charge on any atom is -0.393 e. The fourth-order valence-electron chi connectivity index (χ4n) is 3.72. The summed E-state index contributed by atoms with van der Waals surface area (Å²) < 4.78 is 28.3. The summed E-state index contributed by atoms with van der Waals surface area (Å²) in [5, 5.41) is 24.0. The largest absolute Gasteiger partial charge is 0.393 e. The molecule has 2 rings (SSSR count). The standard InChI is InChI=1S/C27H40N2O5S/c1-5-20(3)18-29(35(33,34)24-14-12-21(4)13-15-24)19-26(31)25(16-22-10-8-7-9-11-22)28-27(32)17-23(30)6-2/h7-15,20,23,25-26,30-31H,5-6,16-19H2,1-4H3,(H,28,32)/t20?,23-,25+,26-/m1/s1. The van der Waals surface area contributed by atoms with E-state index in [1.165, 1.54) is 4.31 Å². The van der Waals surface area contributed by atoms with Crippen molar-refractivity contribution >= 4 is 15.9 Å². The Hall–Kier alpha value is -2.26. The smallest absolute Gasteiger partial charge is 0.243 e. The Bertz CT molecular complexity index is 1010. The Morgan fingerprint density at radius 3 is 2.17 bits per heavy atom. The number of rotatable bonds is 14. The number of aliphatic hydroxyl groups is 2. The first-order chi connectivity index (χ1) is 16.6. The van der Waals surface area contributed by atoms with E-state index in [1.54, 1.807) is 31.2 Å². The van der Waals surface area contributed by atoms with E-state index in [0.29, 0.717) is 12.8 Å². The Balaban J connectivity index is 2.31. The van der Waals surface area contributed by atoms with Gasteiger partial charge in [-0.25, -0.2) is 8.42 Å². The van der Waals surface area contributed by atoms with Crippen molar-refractivity contribution in [3.63, 3.8) is 0 Å². The third kappa shape index (κ3) is 9.04. The van der Waals surface area contributed by atoms with Gasteiger partial charge in [-0.05, 0) is 43.4 Å². The summed E-state index contributed by atoms with van der Waals surface area (Å²) in [5.74, 6) is -0.293. The van der Waals surface area contributed by atoms with E-state index in [4.69, 9.17) is 0 Å². The second-order valence-corrected chi connectivity index (χ2v) is 11.3. The third-order valence-electron chi connectivity index (χ3n) is 6.26. The van der Waals surface area contributed by atoms with E-state index in [1.807, 2.05) is 51.1 Å². The summed E-state index contributed by atoms with van der Waals surface area (Å²) in [4.78, 5) is 12.7. The third-order valence-corrected chi connectivity index (χ3v) is 8.11. The van der Waals surface area contributed by atoms with Crippen molar-refractivity contribution in [1.29, 1.82) is 0 Å². The van der Waals surface area contributed by atoms with Crippen molar-refractivity contribution in [3.05, 3.63) is 65.7 Å². The summed E-state index contributed by atoms with van der Waals surface area (Å²) in [6, 6.07) is 15.4. The van der Waals surface area contributed by atoms with Gasteiger partial charge in [0.05, 0.1) is 29.6 Å². The van der Waals surface area contributed by atoms with Crippen LogP contribution in [-0.4, -0.2) is 60.2 Å². The molecule has 1 unspecified atom stereocenters. The highest BCUT2D eigenvalue weighted by Gasteiger charge is 2.31. The van der Waals surface area contributed by atoms with Gasteiger partial charge in [-0.1, -0.05) is 75.2 Å². The fourth-order valence-corrected chi connectivity index (χ4v) is 5.30. The molecule has 0 radical (unpaired) electrons. The number of amides is 1. The first-order valence-corrected chi connectivity index (χ1v) is 13.8. The fraction of sp³-hybridized carbons (Fsp3) is 0.519. The van der Waals surface area contributed by atoms with Crippen LogP contribution in [0.25, 0.3) is 0 Å². The van der Waals surface area contributed by atoms with E-state index in [0.717, 1.165) is 17.5 Å². The zero-order chi connectivity index (χ0) is 26.0. The lowest BCUT2D eigenvalue weighted by Crippen LogP contribution is -2.51. The number of aryl methyl sites for hydroxylation is 1. The number of carbonyl (C=O) groups is 1. The summed E-state index contributed by atoms with van der Waals surface area (Å²) >= 11 is 0. The molecule has 0 aliphatic rings. The Morgan fingerprint density at radius 1 is 0.971 bits per heavy atom. The summed E-state index contributed by atoms with van der Waals surface area (Å²) in [6.07, 6.45) is -0.438. The van der Waals surface area contributed by atoms with Gasteiger partial charge in [0.1, 0.15) is 0 Å². The molecule has 0 fully saturated rings. The topological polar surface area (TPSA) is 107 Å². The van der Waals surface area contributed by atoms with Gasteiger partial charge >= 0.3 is 0 Å². The van der Waals surface area contributed by atoms with Crippen LogP contribution in [0.3, 0.4) is 0 Å². The lowest BCUT2D eigenvalue weighted by atomic mass is 10.00. The molecule has 4 atom stereocenters. The molecule has 0 aliphatic heterocycles. The zero-order valence-corrected chi connectivity index (χ0v) is 22.0. The van der Waals surface area contributed by atoms with Gasteiger partial charge in [0.25, 0.3) is 0 Å². The number of sulfonamides is 1. The van der Waals surface area contributed by atoms with Crippen LogP contribution in [-0.2, 0) is 21.2 Å². The first-order valence-electron chi connectivity index (χ1n) is 12.3. The highest BCUT2D eigenvalue weighted by atomic mass is 32.2. The molecule has 0 aliphatic carbocycles. The van der Waals surface area contributed by atoms with E-state index in [9.17, 15) is 23.4 Å². The van der Waals surface area contributed by atoms with Gasteiger partial charge in [0.15, 0.2) is 0 Å². The van der Waals surface area contributed by atoms with Crippen molar-refractivity contribution in [3.8, 4) is 0 Å². The average molecular weight is 505 g/mol. The zero-order valence-electron chi connectivity index (χ0n) is 21.2. The predicted octanol–water partition coefficient (Wildman–Crippen LogP) is 3.28. The number of hydrogen-bond acceptors (Lipinski definition) is 5. The summed E-state index contributed by atoms with van der Waals surface area (Å²) in [5.41, 5.74) is 1.86. The quantitative estimate of drug-likeness (QED) is 0.366. The molecule has 1 amide bonds. The van der Waals surface area contributed by atoms with Crippen LogP contribution in [0.15, 0.2) is 59.5 Å². The van der Waals surface area contributed by atoms with Gasteiger partial charge in [0.2, 0.25) is 15.9 Å². The van der Waals surface area contributed by atoms with Crippen molar-refractivity contribution in [2.24, 2.45) is 5.92 Å². The number of aliphatic hydroxyl groups excluding tert-OH is 2.